The predicted octanol–water partition coefficient (Wildman–Crippen LogP) is 6.35. The van der Waals surface area contributed by atoms with Crippen LogP contribution in [0.3, 0.4) is 0 Å². The van der Waals surface area contributed by atoms with Gasteiger partial charge in [0.15, 0.2) is 0 Å². The Morgan fingerprint density at radius 3 is 2.69 bits per heavy atom. The number of nitrogens with zero attached hydrogens (tertiary/aromatic N) is 2. The fraction of sp³-hybridized carbons (Fsp3) is 0.174. The number of halogens is 2. The molecule has 0 saturated heterocycles. The van der Waals surface area contributed by atoms with Gasteiger partial charge < -0.3 is 9.47 Å². The Morgan fingerprint density at radius 2 is 1.93 bits per heavy atom. The first-order valence-electron chi connectivity index (χ1n) is 9.34. The molecule has 2 atom stereocenters. The highest BCUT2D eigenvalue weighted by molar-refractivity contribution is 9.10. The van der Waals surface area contributed by atoms with Crippen molar-refractivity contribution in [2.24, 2.45) is 5.10 Å². The standard InChI is InChI=1S/C23H18BrClN2O2/c1-28-18-8-5-14(6-9-18)20-13-21-19-12-16(24)7-10-22(19)29-23(27(21)26-20)15-3-2-4-17(25)11-15/h2-12,21,23H,13H2,1H3/t21-,23+/m0/s1. The molecule has 0 aromatic heterocycles. The van der Waals surface area contributed by atoms with E-state index >= 15 is 0 Å². The minimum Gasteiger partial charge on any atom is -0.497 e. The van der Waals surface area contributed by atoms with E-state index in [1.807, 2.05) is 60.7 Å². The molecule has 0 aliphatic carbocycles. The maximum Gasteiger partial charge on any atom is 0.213 e. The Kier molecular flexibility index (Phi) is 4.72. The fourth-order valence-electron chi connectivity index (χ4n) is 3.90. The molecule has 0 amide bonds. The molecule has 0 bridgehead atoms. The zero-order valence-corrected chi connectivity index (χ0v) is 18.0. The number of ether oxygens (including phenoxy) is 2. The Bertz CT molecular complexity index is 1100. The summed E-state index contributed by atoms with van der Waals surface area (Å²) in [5.41, 5.74) is 4.23. The second kappa shape index (κ2) is 7.39. The van der Waals surface area contributed by atoms with Crippen LogP contribution in [0.5, 0.6) is 11.5 Å². The number of hydrogen-bond donors (Lipinski definition) is 0. The second-order valence-electron chi connectivity index (χ2n) is 7.08. The average molecular weight is 470 g/mol. The van der Waals surface area contributed by atoms with Crippen LogP contribution in [0, 0.1) is 0 Å². The van der Waals surface area contributed by atoms with E-state index in [0.29, 0.717) is 5.02 Å². The maximum atomic E-state index is 6.38. The highest BCUT2D eigenvalue weighted by Gasteiger charge is 2.41. The summed E-state index contributed by atoms with van der Waals surface area (Å²) >= 11 is 9.84. The molecule has 0 N–H and O–H groups in total. The second-order valence-corrected chi connectivity index (χ2v) is 8.43. The van der Waals surface area contributed by atoms with Crippen molar-refractivity contribution in [2.75, 3.05) is 7.11 Å². The third-order valence-electron chi connectivity index (χ3n) is 5.31. The zero-order valence-electron chi connectivity index (χ0n) is 15.7. The minimum atomic E-state index is -0.330. The zero-order chi connectivity index (χ0) is 20.0. The van der Waals surface area contributed by atoms with Gasteiger partial charge in [-0.2, -0.15) is 5.10 Å². The predicted molar refractivity (Wildman–Crippen MR) is 118 cm³/mol. The number of methoxy groups -OCH3 is 1. The number of benzene rings is 3. The van der Waals surface area contributed by atoms with Gasteiger partial charge >= 0.3 is 0 Å². The van der Waals surface area contributed by atoms with Gasteiger partial charge in [0.1, 0.15) is 11.5 Å². The lowest BCUT2D eigenvalue weighted by Crippen LogP contribution is -2.33. The Hall–Kier alpha value is -2.50. The molecule has 3 aromatic rings. The van der Waals surface area contributed by atoms with Crippen molar-refractivity contribution in [1.29, 1.82) is 0 Å². The largest absolute Gasteiger partial charge is 0.497 e. The monoisotopic (exact) mass is 468 g/mol. The van der Waals surface area contributed by atoms with Gasteiger partial charge in [-0.25, -0.2) is 5.01 Å². The van der Waals surface area contributed by atoms with Crippen LogP contribution in [0.25, 0.3) is 0 Å². The lowest BCUT2D eigenvalue weighted by atomic mass is 9.96. The molecule has 3 aromatic carbocycles. The number of rotatable bonds is 3. The van der Waals surface area contributed by atoms with Crippen LogP contribution in [0.4, 0.5) is 0 Å². The summed E-state index contributed by atoms with van der Waals surface area (Å²) < 4.78 is 12.7. The van der Waals surface area contributed by atoms with E-state index in [-0.39, 0.29) is 12.3 Å². The normalized spacial score (nSPS) is 19.8. The van der Waals surface area contributed by atoms with E-state index < -0.39 is 0 Å². The van der Waals surface area contributed by atoms with Crippen molar-refractivity contribution in [3.05, 3.63) is 92.9 Å². The SMILES string of the molecule is COc1ccc(C2=NN3[C@@H](c4cccc(Cl)c4)Oc4ccc(Br)cc4[C@@H]3C2)cc1. The summed E-state index contributed by atoms with van der Waals surface area (Å²) in [7, 11) is 1.67. The van der Waals surface area contributed by atoms with E-state index in [0.717, 1.165) is 44.8 Å². The number of hydrazone groups is 1. The van der Waals surface area contributed by atoms with Crippen molar-refractivity contribution in [2.45, 2.75) is 18.7 Å². The fourth-order valence-corrected chi connectivity index (χ4v) is 4.47. The van der Waals surface area contributed by atoms with Crippen LogP contribution < -0.4 is 9.47 Å². The highest BCUT2D eigenvalue weighted by Crippen LogP contribution is 2.48. The summed E-state index contributed by atoms with van der Waals surface area (Å²) in [5, 5.41) is 7.72. The topological polar surface area (TPSA) is 34.1 Å². The van der Waals surface area contributed by atoms with Crippen LogP contribution >= 0.6 is 27.5 Å². The molecule has 4 nitrogen and oxygen atoms in total. The van der Waals surface area contributed by atoms with Crippen LogP contribution in [-0.2, 0) is 0 Å². The van der Waals surface area contributed by atoms with Gasteiger partial charge in [-0.15, -0.1) is 0 Å². The first-order valence-corrected chi connectivity index (χ1v) is 10.5. The van der Waals surface area contributed by atoms with Crippen molar-refractivity contribution < 1.29 is 9.47 Å². The van der Waals surface area contributed by atoms with Gasteiger partial charge in [0, 0.05) is 27.0 Å². The van der Waals surface area contributed by atoms with Gasteiger partial charge in [-0.05, 0) is 60.2 Å². The Morgan fingerprint density at radius 1 is 1.10 bits per heavy atom. The molecule has 2 aliphatic heterocycles. The summed E-state index contributed by atoms with van der Waals surface area (Å²) in [5.74, 6) is 1.71. The first kappa shape index (κ1) is 18.5. The Balaban J connectivity index is 1.58. The van der Waals surface area contributed by atoms with Gasteiger partial charge in [-0.1, -0.05) is 39.7 Å². The van der Waals surface area contributed by atoms with E-state index in [9.17, 15) is 0 Å². The quantitative estimate of drug-likeness (QED) is 0.448. The van der Waals surface area contributed by atoms with Crippen LogP contribution in [0.1, 0.15) is 35.4 Å². The van der Waals surface area contributed by atoms with Gasteiger partial charge in [0.25, 0.3) is 0 Å². The molecule has 5 rings (SSSR count). The van der Waals surface area contributed by atoms with Crippen molar-refractivity contribution in [1.82, 2.24) is 5.01 Å². The molecule has 0 radical (unpaired) electrons. The molecule has 0 spiro atoms. The average Bonchev–Trinajstić information content (AvgIpc) is 3.19. The summed E-state index contributed by atoms with van der Waals surface area (Å²) in [6, 6.07) is 22.0. The third kappa shape index (κ3) is 3.38. The van der Waals surface area contributed by atoms with Crippen LogP contribution in [-0.4, -0.2) is 17.8 Å². The Labute approximate surface area is 182 Å². The summed E-state index contributed by atoms with van der Waals surface area (Å²) in [6.07, 6.45) is 0.471. The van der Waals surface area contributed by atoms with Gasteiger partial charge in [-0.3, -0.25) is 0 Å². The van der Waals surface area contributed by atoms with E-state index in [2.05, 4.69) is 27.0 Å². The lowest BCUT2D eigenvalue weighted by Gasteiger charge is -2.38. The highest BCUT2D eigenvalue weighted by atomic mass is 79.9. The molecule has 6 heteroatoms. The van der Waals surface area contributed by atoms with Crippen molar-refractivity contribution in [3.63, 3.8) is 0 Å². The first-order chi connectivity index (χ1) is 14.1. The molecule has 2 aliphatic rings. The maximum absolute atomic E-state index is 6.38. The van der Waals surface area contributed by atoms with E-state index in [1.54, 1.807) is 7.11 Å². The molecule has 146 valence electrons. The van der Waals surface area contributed by atoms with Crippen molar-refractivity contribution in [3.8, 4) is 11.5 Å². The molecular weight excluding hydrogens is 452 g/mol. The smallest absolute Gasteiger partial charge is 0.213 e. The summed E-state index contributed by atoms with van der Waals surface area (Å²) in [4.78, 5) is 0. The van der Waals surface area contributed by atoms with E-state index in [1.165, 1.54) is 0 Å². The van der Waals surface area contributed by atoms with Crippen molar-refractivity contribution >= 4 is 33.2 Å². The minimum absolute atomic E-state index is 0.0948. The molecule has 0 fully saturated rings. The molecule has 29 heavy (non-hydrogen) atoms. The van der Waals surface area contributed by atoms with Gasteiger partial charge in [0.2, 0.25) is 6.23 Å². The third-order valence-corrected chi connectivity index (χ3v) is 6.04. The molecule has 0 saturated carbocycles. The number of hydrogen-bond acceptors (Lipinski definition) is 4. The molecular formula is C23H18BrClN2O2. The number of fused-ring (bicyclic) bond motifs is 3. The van der Waals surface area contributed by atoms with Crippen LogP contribution in [0.2, 0.25) is 5.02 Å². The summed E-state index contributed by atoms with van der Waals surface area (Å²) in [6.45, 7) is 0. The lowest BCUT2D eigenvalue weighted by molar-refractivity contribution is -0.0190. The molecule has 0 unspecified atom stereocenters. The van der Waals surface area contributed by atoms with Gasteiger partial charge in [0.05, 0.1) is 18.9 Å². The molecule has 2 heterocycles. The van der Waals surface area contributed by atoms with E-state index in [4.69, 9.17) is 26.2 Å². The van der Waals surface area contributed by atoms with Crippen LogP contribution in [0.15, 0.2) is 76.3 Å².